The van der Waals surface area contributed by atoms with Crippen molar-refractivity contribution in [2.24, 2.45) is 0 Å². The van der Waals surface area contributed by atoms with E-state index < -0.39 is 0 Å². The lowest BCUT2D eigenvalue weighted by Gasteiger charge is -2.21. The van der Waals surface area contributed by atoms with Crippen LogP contribution in [-0.4, -0.2) is 92.0 Å². The first-order valence-electron chi connectivity index (χ1n) is 12.0. The van der Waals surface area contributed by atoms with Crippen molar-refractivity contribution in [1.82, 2.24) is 19.6 Å². The summed E-state index contributed by atoms with van der Waals surface area (Å²) < 4.78 is 0. The minimum Gasteiger partial charge on any atom is -0.337 e. The van der Waals surface area contributed by atoms with Crippen molar-refractivity contribution >= 4 is 11.5 Å². The average molecular weight is 437 g/mol. The third-order valence-corrected chi connectivity index (χ3v) is 6.57. The zero-order valence-electron chi connectivity index (χ0n) is 20.2. The lowest BCUT2D eigenvalue weighted by Crippen LogP contribution is -2.35. The highest BCUT2D eigenvalue weighted by molar-refractivity contribution is 5.96. The molecule has 0 atom stereocenters. The van der Waals surface area contributed by atoms with Crippen molar-refractivity contribution in [2.45, 2.75) is 26.3 Å². The molecule has 0 spiro atoms. The highest BCUT2D eigenvalue weighted by Gasteiger charge is 2.19. The van der Waals surface area contributed by atoms with E-state index in [2.05, 4.69) is 59.6 Å². The Hall–Kier alpha value is -2.21. The quantitative estimate of drug-likeness (QED) is 0.504. The van der Waals surface area contributed by atoms with E-state index in [4.69, 9.17) is 0 Å². The molecule has 1 amide bonds. The van der Waals surface area contributed by atoms with Crippen LogP contribution in [-0.2, 0) is 11.3 Å². The summed E-state index contributed by atoms with van der Waals surface area (Å²) in [5, 5.41) is 0. The maximum atomic E-state index is 13.0. The zero-order valence-corrected chi connectivity index (χ0v) is 20.2. The molecule has 5 heteroatoms. The van der Waals surface area contributed by atoms with Crippen LogP contribution in [0.25, 0.3) is 5.57 Å². The summed E-state index contributed by atoms with van der Waals surface area (Å²) in [7, 11) is 4.32. The van der Waals surface area contributed by atoms with Crippen molar-refractivity contribution in [3.05, 3.63) is 65.8 Å². The van der Waals surface area contributed by atoms with Crippen molar-refractivity contribution in [1.29, 1.82) is 0 Å². The molecule has 0 saturated carbocycles. The van der Waals surface area contributed by atoms with Crippen molar-refractivity contribution < 1.29 is 4.79 Å². The highest BCUT2D eigenvalue weighted by Crippen LogP contribution is 2.18. The first-order chi connectivity index (χ1) is 15.5. The smallest absolute Gasteiger partial charge is 0.253 e. The Morgan fingerprint density at radius 3 is 2.22 bits per heavy atom. The molecule has 0 N–H and O–H groups in total. The van der Waals surface area contributed by atoms with Crippen LogP contribution in [0.5, 0.6) is 0 Å². The van der Waals surface area contributed by atoms with E-state index in [0.717, 1.165) is 75.5 Å². The van der Waals surface area contributed by atoms with Crippen LogP contribution < -0.4 is 0 Å². The first kappa shape index (κ1) is 24.4. The van der Waals surface area contributed by atoms with Gasteiger partial charge < -0.3 is 14.7 Å². The Morgan fingerprint density at radius 1 is 0.875 bits per heavy atom. The van der Waals surface area contributed by atoms with E-state index in [0.29, 0.717) is 0 Å². The monoisotopic (exact) mass is 436 g/mol. The molecule has 5 nitrogen and oxygen atoms in total. The third-order valence-electron chi connectivity index (χ3n) is 6.57. The zero-order chi connectivity index (χ0) is 22.9. The van der Waals surface area contributed by atoms with Gasteiger partial charge in [0.05, 0.1) is 0 Å². The van der Waals surface area contributed by atoms with Crippen LogP contribution in [0.15, 0.2) is 54.6 Å². The molecule has 2 saturated heterocycles. The highest BCUT2D eigenvalue weighted by atomic mass is 16.2. The summed E-state index contributed by atoms with van der Waals surface area (Å²) in [6.45, 7) is 15.4. The summed E-state index contributed by atoms with van der Waals surface area (Å²) in [5.74, 6) is 0.116. The molecule has 174 valence electrons. The van der Waals surface area contributed by atoms with E-state index in [1.165, 1.54) is 18.5 Å². The van der Waals surface area contributed by atoms with Crippen LogP contribution in [0.1, 0.15) is 30.9 Å². The van der Waals surface area contributed by atoms with Gasteiger partial charge >= 0.3 is 0 Å². The summed E-state index contributed by atoms with van der Waals surface area (Å²) in [5.41, 5.74) is 4.10. The Labute approximate surface area is 194 Å². The standard InChI is InChI=1S/C27H40N4O/c1-5-25(27(32)31-17-7-15-29(4)19-21-31)11-8-23(2)26-12-9-24(10-13-26)22-30-16-6-14-28(3)18-20-30/h5,8-13H,2,6-7,14-22H2,1,3-4H3/b11-8-,25-5+. The van der Waals surface area contributed by atoms with Crippen molar-refractivity contribution in [3.63, 3.8) is 0 Å². The molecule has 2 heterocycles. The number of rotatable bonds is 6. The van der Waals surface area contributed by atoms with Gasteiger partial charge in [0.1, 0.15) is 0 Å². The number of carbonyl (C=O) groups excluding carboxylic acids is 1. The Balaban J connectivity index is 1.56. The number of amides is 1. The second-order valence-electron chi connectivity index (χ2n) is 9.18. The first-order valence-corrected chi connectivity index (χ1v) is 12.0. The minimum absolute atomic E-state index is 0.116. The maximum absolute atomic E-state index is 13.0. The Bertz CT molecular complexity index is 827. The Morgan fingerprint density at radius 2 is 1.53 bits per heavy atom. The fourth-order valence-corrected chi connectivity index (χ4v) is 4.35. The SMILES string of the molecule is C=C(/C=C\C(=C/C)C(=O)N1CCCN(C)CC1)c1ccc(CN2CCCN(C)CC2)cc1. The molecule has 3 rings (SSSR count). The summed E-state index contributed by atoms with van der Waals surface area (Å²) in [6, 6.07) is 8.71. The molecule has 1 aromatic carbocycles. The van der Waals surface area contributed by atoms with E-state index in [9.17, 15) is 4.79 Å². The van der Waals surface area contributed by atoms with E-state index in [1.54, 1.807) is 0 Å². The van der Waals surface area contributed by atoms with E-state index in [-0.39, 0.29) is 5.91 Å². The van der Waals surface area contributed by atoms with Gasteiger partial charge in [-0.05, 0) is 76.3 Å². The largest absolute Gasteiger partial charge is 0.337 e. The number of allylic oxidation sites excluding steroid dienone is 3. The van der Waals surface area contributed by atoms with Gasteiger partial charge in [0.2, 0.25) is 0 Å². The molecule has 0 aliphatic carbocycles. The average Bonchev–Trinajstić information content (AvgIpc) is 3.14. The van der Waals surface area contributed by atoms with Gasteiger partial charge in [-0.25, -0.2) is 0 Å². The topological polar surface area (TPSA) is 30.0 Å². The van der Waals surface area contributed by atoms with Gasteiger partial charge in [-0.3, -0.25) is 9.69 Å². The molecular formula is C27H40N4O. The normalized spacial score (nSPS) is 20.3. The summed E-state index contributed by atoms with van der Waals surface area (Å²) in [6.07, 6.45) is 8.05. The molecule has 1 aromatic rings. The van der Waals surface area contributed by atoms with Gasteiger partial charge in [-0.2, -0.15) is 0 Å². The summed E-state index contributed by atoms with van der Waals surface area (Å²) >= 11 is 0. The molecule has 0 unspecified atom stereocenters. The maximum Gasteiger partial charge on any atom is 0.253 e. The second kappa shape index (κ2) is 12.1. The van der Waals surface area contributed by atoms with E-state index in [1.807, 2.05) is 30.1 Å². The van der Waals surface area contributed by atoms with Gasteiger partial charge in [0.25, 0.3) is 5.91 Å². The van der Waals surface area contributed by atoms with Crippen LogP contribution in [0.3, 0.4) is 0 Å². The van der Waals surface area contributed by atoms with Crippen LogP contribution in [0, 0.1) is 0 Å². The number of likely N-dealkylation sites (N-methyl/N-ethyl adjacent to an activating group) is 2. The van der Waals surface area contributed by atoms with Gasteiger partial charge in [0.15, 0.2) is 0 Å². The van der Waals surface area contributed by atoms with Gasteiger partial charge in [-0.15, -0.1) is 0 Å². The molecule has 0 aromatic heterocycles. The third kappa shape index (κ3) is 7.16. The number of nitrogens with zero attached hydrogens (tertiary/aromatic N) is 4. The Kier molecular flexibility index (Phi) is 9.27. The van der Waals surface area contributed by atoms with Crippen LogP contribution in [0.2, 0.25) is 0 Å². The summed E-state index contributed by atoms with van der Waals surface area (Å²) in [4.78, 5) is 22.2. The van der Waals surface area contributed by atoms with E-state index >= 15 is 0 Å². The van der Waals surface area contributed by atoms with Gasteiger partial charge in [-0.1, -0.05) is 43.0 Å². The number of hydrogen-bond donors (Lipinski definition) is 0. The number of benzene rings is 1. The molecule has 2 aliphatic heterocycles. The molecule has 32 heavy (non-hydrogen) atoms. The molecule has 2 aliphatic rings. The molecular weight excluding hydrogens is 396 g/mol. The minimum atomic E-state index is 0.116. The van der Waals surface area contributed by atoms with Crippen molar-refractivity contribution in [3.8, 4) is 0 Å². The fourth-order valence-electron chi connectivity index (χ4n) is 4.35. The lowest BCUT2D eigenvalue weighted by atomic mass is 10.0. The van der Waals surface area contributed by atoms with Crippen LogP contribution >= 0.6 is 0 Å². The lowest BCUT2D eigenvalue weighted by molar-refractivity contribution is -0.126. The van der Waals surface area contributed by atoms with Crippen LogP contribution in [0.4, 0.5) is 0 Å². The predicted molar refractivity (Wildman–Crippen MR) is 134 cm³/mol. The molecule has 0 bridgehead atoms. The number of carbonyl (C=O) groups is 1. The number of hydrogen-bond acceptors (Lipinski definition) is 4. The van der Waals surface area contributed by atoms with Crippen molar-refractivity contribution in [2.75, 3.05) is 66.5 Å². The molecule has 2 fully saturated rings. The van der Waals surface area contributed by atoms with Gasteiger partial charge in [0, 0.05) is 44.8 Å². The second-order valence-corrected chi connectivity index (χ2v) is 9.18. The predicted octanol–water partition coefficient (Wildman–Crippen LogP) is 3.50. The fraction of sp³-hybridized carbons (Fsp3) is 0.519. The molecule has 0 radical (unpaired) electrons.